The maximum Gasteiger partial charge on any atom is 0.418 e. The van der Waals surface area contributed by atoms with Crippen molar-refractivity contribution in [1.82, 2.24) is 4.90 Å². The second kappa shape index (κ2) is 9.25. The molecule has 0 saturated heterocycles. The van der Waals surface area contributed by atoms with Gasteiger partial charge in [0.2, 0.25) is 5.91 Å². The first-order valence-corrected chi connectivity index (χ1v) is 8.80. The van der Waals surface area contributed by atoms with Crippen molar-refractivity contribution >= 4 is 28.9 Å². The van der Waals surface area contributed by atoms with E-state index in [9.17, 15) is 32.9 Å². The van der Waals surface area contributed by atoms with Gasteiger partial charge in [-0.3, -0.25) is 19.7 Å². The molecule has 30 heavy (non-hydrogen) atoms. The van der Waals surface area contributed by atoms with Gasteiger partial charge in [0, 0.05) is 25.2 Å². The lowest BCUT2D eigenvalue weighted by Gasteiger charge is -2.21. The van der Waals surface area contributed by atoms with Gasteiger partial charge < -0.3 is 15.5 Å². The number of hydrogen-bond acceptors (Lipinski definition) is 5. The van der Waals surface area contributed by atoms with E-state index in [0.29, 0.717) is 0 Å². The number of nitro benzene ring substituents is 1. The van der Waals surface area contributed by atoms with Crippen LogP contribution in [0.1, 0.15) is 22.8 Å². The highest BCUT2D eigenvalue weighted by molar-refractivity contribution is 6.00. The highest BCUT2D eigenvalue weighted by atomic mass is 19.4. The molecule has 2 amide bonds. The van der Waals surface area contributed by atoms with Crippen molar-refractivity contribution in [2.45, 2.75) is 13.1 Å². The fourth-order valence-corrected chi connectivity index (χ4v) is 2.74. The molecule has 2 aromatic rings. The number of nitro groups is 1. The fraction of sp³-hybridized carbons (Fsp3) is 0.263. The molecule has 0 heterocycles. The zero-order valence-corrected chi connectivity index (χ0v) is 16.1. The lowest BCUT2D eigenvalue weighted by molar-refractivity contribution is -0.384. The molecule has 0 radical (unpaired) electrons. The third-order valence-electron chi connectivity index (χ3n) is 4.22. The summed E-state index contributed by atoms with van der Waals surface area (Å²) in [5.74, 6) is -1.49. The van der Waals surface area contributed by atoms with Crippen LogP contribution >= 0.6 is 0 Å². The molecule has 2 aromatic carbocycles. The molecule has 0 aliphatic carbocycles. The summed E-state index contributed by atoms with van der Waals surface area (Å²) in [7, 11) is 1.49. The van der Waals surface area contributed by atoms with Crippen LogP contribution in [0.3, 0.4) is 0 Å². The zero-order chi connectivity index (χ0) is 22.5. The number of nitrogens with zero attached hydrogens (tertiary/aromatic N) is 2. The average Bonchev–Trinajstić information content (AvgIpc) is 2.70. The molecule has 0 fully saturated rings. The summed E-state index contributed by atoms with van der Waals surface area (Å²) in [5, 5.41) is 16.0. The summed E-state index contributed by atoms with van der Waals surface area (Å²) >= 11 is 0. The molecule has 0 atom stereocenters. The van der Waals surface area contributed by atoms with Gasteiger partial charge in [-0.25, -0.2) is 0 Å². The molecule has 0 aliphatic rings. The Morgan fingerprint density at radius 2 is 1.80 bits per heavy atom. The molecule has 11 heteroatoms. The lowest BCUT2D eigenvalue weighted by Crippen LogP contribution is -2.38. The Labute approximate surface area is 169 Å². The van der Waals surface area contributed by atoms with Crippen molar-refractivity contribution in [2.75, 3.05) is 30.8 Å². The number of halogens is 3. The lowest BCUT2D eigenvalue weighted by atomic mass is 10.1. The van der Waals surface area contributed by atoms with Gasteiger partial charge >= 0.3 is 6.18 Å². The Balaban J connectivity index is 2.20. The fourth-order valence-electron chi connectivity index (χ4n) is 2.74. The van der Waals surface area contributed by atoms with E-state index in [4.69, 9.17) is 0 Å². The quantitative estimate of drug-likeness (QED) is 0.520. The SMILES string of the molecule is CCN(CC(=O)Nc1ccccc1C(F)(F)F)C(=O)c1ccc(NC)c([N+](=O)[O-])c1. The number of alkyl halides is 3. The number of likely N-dealkylation sites (N-methyl/N-ethyl adjacent to an activating group) is 1. The van der Waals surface area contributed by atoms with Gasteiger partial charge in [-0.15, -0.1) is 0 Å². The molecule has 160 valence electrons. The Morgan fingerprint density at radius 3 is 2.37 bits per heavy atom. The minimum absolute atomic E-state index is 0.0222. The third kappa shape index (κ3) is 5.25. The number of carbonyl (C=O) groups excluding carboxylic acids is 2. The predicted octanol–water partition coefficient (Wildman–Crippen LogP) is 3.76. The minimum Gasteiger partial charge on any atom is -0.383 e. The number of rotatable bonds is 7. The van der Waals surface area contributed by atoms with Crippen LogP contribution in [0.5, 0.6) is 0 Å². The number of carbonyl (C=O) groups is 2. The molecule has 0 aliphatic heterocycles. The van der Waals surface area contributed by atoms with Gasteiger partial charge in [-0.1, -0.05) is 12.1 Å². The molecule has 2 rings (SSSR count). The van der Waals surface area contributed by atoms with Crippen molar-refractivity contribution in [3.63, 3.8) is 0 Å². The van der Waals surface area contributed by atoms with Crippen molar-refractivity contribution < 1.29 is 27.7 Å². The monoisotopic (exact) mass is 424 g/mol. The van der Waals surface area contributed by atoms with Gasteiger partial charge in [0.25, 0.3) is 11.6 Å². The van der Waals surface area contributed by atoms with E-state index < -0.39 is 40.7 Å². The number of anilines is 2. The summed E-state index contributed by atoms with van der Waals surface area (Å²) in [4.78, 5) is 36.6. The maximum absolute atomic E-state index is 13.1. The number of nitrogens with one attached hydrogen (secondary N) is 2. The van der Waals surface area contributed by atoms with Crippen LogP contribution in [-0.4, -0.2) is 41.8 Å². The van der Waals surface area contributed by atoms with Crippen LogP contribution in [0.15, 0.2) is 42.5 Å². The van der Waals surface area contributed by atoms with Crippen LogP contribution < -0.4 is 10.6 Å². The highest BCUT2D eigenvalue weighted by Crippen LogP contribution is 2.34. The standard InChI is InChI=1S/C19H19F3N4O4/c1-3-25(18(28)12-8-9-15(23-2)16(10-12)26(29)30)11-17(27)24-14-7-5-4-6-13(14)19(20,21)22/h4-10,23H,3,11H2,1-2H3,(H,24,27). The molecule has 0 aromatic heterocycles. The van der Waals surface area contributed by atoms with Crippen molar-refractivity contribution in [3.05, 3.63) is 63.7 Å². The Bertz CT molecular complexity index is 963. The van der Waals surface area contributed by atoms with Crippen LogP contribution in [0.4, 0.5) is 30.2 Å². The Kier molecular flexibility index (Phi) is 6.98. The van der Waals surface area contributed by atoms with Crippen LogP contribution in [0, 0.1) is 10.1 Å². The molecular formula is C19H19F3N4O4. The predicted molar refractivity (Wildman–Crippen MR) is 104 cm³/mol. The maximum atomic E-state index is 13.1. The minimum atomic E-state index is -4.65. The molecule has 0 unspecified atom stereocenters. The number of benzene rings is 2. The number of amides is 2. The van der Waals surface area contributed by atoms with Crippen molar-refractivity contribution in [2.24, 2.45) is 0 Å². The number of hydrogen-bond donors (Lipinski definition) is 2. The smallest absolute Gasteiger partial charge is 0.383 e. The first kappa shape index (κ1) is 22.7. The van der Waals surface area contributed by atoms with Crippen LogP contribution in [0.25, 0.3) is 0 Å². The molecular weight excluding hydrogens is 405 g/mol. The second-order valence-corrected chi connectivity index (χ2v) is 6.15. The number of para-hydroxylation sites is 1. The van der Waals surface area contributed by atoms with E-state index in [-0.39, 0.29) is 23.5 Å². The summed E-state index contributed by atoms with van der Waals surface area (Å²) in [6.45, 7) is 1.11. The highest BCUT2D eigenvalue weighted by Gasteiger charge is 2.33. The zero-order valence-electron chi connectivity index (χ0n) is 16.1. The molecule has 8 nitrogen and oxygen atoms in total. The average molecular weight is 424 g/mol. The molecule has 2 N–H and O–H groups in total. The van der Waals surface area contributed by atoms with E-state index >= 15 is 0 Å². The Hall–Kier alpha value is -3.63. The summed E-state index contributed by atoms with van der Waals surface area (Å²) in [5.41, 5.74) is -1.56. The first-order chi connectivity index (χ1) is 14.1. The van der Waals surface area contributed by atoms with Crippen LogP contribution in [-0.2, 0) is 11.0 Å². The summed E-state index contributed by atoms with van der Waals surface area (Å²) in [6.07, 6.45) is -4.65. The van der Waals surface area contributed by atoms with E-state index in [1.54, 1.807) is 6.92 Å². The van der Waals surface area contributed by atoms with E-state index in [0.717, 1.165) is 23.1 Å². The first-order valence-electron chi connectivity index (χ1n) is 8.80. The molecule has 0 spiro atoms. The van der Waals surface area contributed by atoms with Crippen LogP contribution in [0.2, 0.25) is 0 Å². The van der Waals surface area contributed by atoms with E-state index in [1.165, 1.54) is 31.3 Å². The topological polar surface area (TPSA) is 105 Å². The van der Waals surface area contributed by atoms with Crippen molar-refractivity contribution in [3.8, 4) is 0 Å². The summed E-state index contributed by atoms with van der Waals surface area (Å²) in [6, 6.07) is 8.28. The van der Waals surface area contributed by atoms with E-state index in [2.05, 4.69) is 10.6 Å². The molecule has 0 bridgehead atoms. The van der Waals surface area contributed by atoms with Gasteiger partial charge in [0.05, 0.1) is 16.2 Å². The Morgan fingerprint density at radius 1 is 1.13 bits per heavy atom. The van der Waals surface area contributed by atoms with Crippen molar-refractivity contribution in [1.29, 1.82) is 0 Å². The molecule has 0 saturated carbocycles. The largest absolute Gasteiger partial charge is 0.418 e. The third-order valence-corrected chi connectivity index (χ3v) is 4.22. The van der Waals surface area contributed by atoms with Gasteiger partial charge in [-0.2, -0.15) is 13.2 Å². The van der Waals surface area contributed by atoms with Gasteiger partial charge in [0.1, 0.15) is 12.2 Å². The van der Waals surface area contributed by atoms with Gasteiger partial charge in [-0.05, 0) is 31.2 Å². The second-order valence-electron chi connectivity index (χ2n) is 6.15. The normalized spacial score (nSPS) is 11.0. The van der Waals surface area contributed by atoms with E-state index in [1.807, 2.05) is 0 Å². The summed E-state index contributed by atoms with van der Waals surface area (Å²) < 4.78 is 39.2. The van der Waals surface area contributed by atoms with Gasteiger partial charge in [0.15, 0.2) is 0 Å².